The highest BCUT2D eigenvalue weighted by molar-refractivity contribution is 5.41. The van der Waals surface area contributed by atoms with E-state index in [0.29, 0.717) is 0 Å². The number of halogens is 2. The number of nitriles is 1. The molecule has 4 nitrogen and oxygen atoms in total. The summed E-state index contributed by atoms with van der Waals surface area (Å²) in [5.74, 6) is -0.841. The lowest BCUT2D eigenvalue weighted by Gasteiger charge is -2.00. The van der Waals surface area contributed by atoms with Crippen molar-refractivity contribution < 1.29 is 13.9 Å². The van der Waals surface area contributed by atoms with Gasteiger partial charge in [-0.2, -0.15) is 5.26 Å². The Bertz CT molecular complexity index is 419. The monoisotopic (exact) mass is 186 g/mol. The van der Waals surface area contributed by atoms with Gasteiger partial charge in [0.15, 0.2) is 5.75 Å². The molecular formula is C7H4F2N2O2. The second-order valence-electron chi connectivity index (χ2n) is 2.23. The molecule has 0 atom stereocenters. The van der Waals surface area contributed by atoms with E-state index in [1.165, 1.54) is 6.07 Å². The van der Waals surface area contributed by atoms with Crippen molar-refractivity contribution in [2.24, 2.45) is 0 Å². The summed E-state index contributed by atoms with van der Waals surface area (Å²) >= 11 is 0. The van der Waals surface area contributed by atoms with Gasteiger partial charge in [-0.1, -0.05) is 0 Å². The van der Waals surface area contributed by atoms with Gasteiger partial charge in [0.2, 0.25) is 0 Å². The normalized spacial score (nSPS) is 10.0. The van der Waals surface area contributed by atoms with Crippen LogP contribution >= 0.6 is 0 Å². The molecule has 1 aromatic rings. The second-order valence-corrected chi connectivity index (χ2v) is 2.23. The molecule has 0 bridgehead atoms. The van der Waals surface area contributed by atoms with Crippen LogP contribution in [0.1, 0.15) is 17.7 Å². The van der Waals surface area contributed by atoms with Crippen molar-refractivity contribution in [1.29, 1.82) is 5.26 Å². The molecule has 0 aromatic carbocycles. The highest BCUT2D eigenvalue weighted by atomic mass is 19.3. The van der Waals surface area contributed by atoms with Gasteiger partial charge in [-0.15, -0.1) is 0 Å². The quantitative estimate of drug-likeness (QED) is 0.683. The molecule has 0 saturated heterocycles. The fraction of sp³-hybridized carbons (Fsp3) is 0.143. The van der Waals surface area contributed by atoms with Crippen molar-refractivity contribution in [3.63, 3.8) is 0 Å². The lowest BCUT2D eigenvalue weighted by molar-refractivity contribution is 0.145. The molecule has 0 spiro atoms. The van der Waals surface area contributed by atoms with Gasteiger partial charge in [0.25, 0.3) is 12.0 Å². The van der Waals surface area contributed by atoms with E-state index in [9.17, 15) is 13.6 Å². The third-order valence-electron chi connectivity index (χ3n) is 1.38. The Kier molecular flexibility index (Phi) is 2.28. The predicted octanol–water partition coefficient (Wildman–Crippen LogP) is 0.890. The van der Waals surface area contributed by atoms with E-state index in [1.807, 2.05) is 0 Å². The van der Waals surface area contributed by atoms with Gasteiger partial charge in [0, 0.05) is 0 Å². The average Bonchev–Trinajstić information content (AvgIpc) is 2.09. The van der Waals surface area contributed by atoms with E-state index < -0.39 is 29.0 Å². The molecule has 0 saturated carbocycles. The number of hydrogen-bond donors (Lipinski definition) is 2. The second kappa shape index (κ2) is 3.23. The van der Waals surface area contributed by atoms with Gasteiger partial charge < -0.3 is 10.1 Å². The van der Waals surface area contributed by atoms with E-state index in [2.05, 4.69) is 0 Å². The minimum atomic E-state index is -2.87. The van der Waals surface area contributed by atoms with E-state index >= 15 is 0 Å². The molecule has 1 aromatic heterocycles. The Labute approximate surface area is 71.1 Å². The molecule has 0 aliphatic carbocycles. The third-order valence-corrected chi connectivity index (χ3v) is 1.38. The first-order valence-corrected chi connectivity index (χ1v) is 3.20. The van der Waals surface area contributed by atoms with E-state index in [4.69, 9.17) is 10.4 Å². The lowest BCUT2D eigenvalue weighted by atomic mass is 10.2. The Balaban J connectivity index is 3.42. The van der Waals surface area contributed by atoms with Crippen molar-refractivity contribution in [1.82, 2.24) is 4.98 Å². The molecule has 0 aliphatic rings. The number of hydrogen-bond acceptors (Lipinski definition) is 3. The van der Waals surface area contributed by atoms with Crippen LogP contribution in [0, 0.1) is 11.3 Å². The Morgan fingerprint density at radius 1 is 1.62 bits per heavy atom. The first-order chi connectivity index (χ1) is 6.06. The van der Waals surface area contributed by atoms with Gasteiger partial charge in [-0.25, -0.2) is 8.78 Å². The van der Waals surface area contributed by atoms with E-state index in [-0.39, 0.29) is 0 Å². The molecular weight excluding hydrogens is 182 g/mol. The number of nitrogens with one attached hydrogen (secondary N) is 1. The molecule has 6 heteroatoms. The highest BCUT2D eigenvalue weighted by Crippen LogP contribution is 2.18. The van der Waals surface area contributed by atoms with Crippen LogP contribution < -0.4 is 5.56 Å². The third kappa shape index (κ3) is 1.64. The van der Waals surface area contributed by atoms with Gasteiger partial charge >= 0.3 is 0 Å². The minimum absolute atomic E-state index is 0.459. The average molecular weight is 186 g/mol. The molecule has 0 radical (unpaired) electrons. The van der Waals surface area contributed by atoms with Crippen LogP contribution in [0.15, 0.2) is 10.9 Å². The predicted molar refractivity (Wildman–Crippen MR) is 38.4 cm³/mol. The van der Waals surface area contributed by atoms with Crippen LogP contribution in [-0.2, 0) is 0 Å². The van der Waals surface area contributed by atoms with Gasteiger partial charge in [0.05, 0.1) is 5.69 Å². The number of aromatic nitrogens is 1. The number of pyridine rings is 1. The van der Waals surface area contributed by atoms with Crippen molar-refractivity contribution >= 4 is 0 Å². The number of nitrogens with zero attached hydrogens (tertiary/aromatic N) is 1. The largest absolute Gasteiger partial charge is 0.502 e. The first-order valence-electron chi connectivity index (χ1n) is 3.20. The molecule has 13 heavy (non-hydrogen) atoms. The van der Waals surface area contributed by atoms with Crippen LogP contribution in [0.3, 0.4) is 0 Å². The Morgan fingerprint density at radius 3 is 2.69 bits per heavy atom. The van der Waals surface area contributed by atoms with Crippen molar-refractivity contribution in [2.45, 2.75) is 6.43 Å². The summed E-state index contributed by atoms with van der Waals surface area (Å²) in [5, 5.41) is 17.2. The molecule has 68 valence electrons. The van der Waals surface area contributed by atoms with Crippen LogP contribution in [0.4, 0.5) is 8.78 Å². The Morgan fingerprint density at radius 2 is 2.23 bits per heavy atom. The zero-order chi connectivity index (χ0) is 10.0. The maximum atomic E-state index is 12.0. The number of H-pyrrole nitrogens is 1. The maximum Gasteiger partial charge on any atom is 0.291 e. The van der Waals surface area contributed by atoms with Crippen LogP contribution in [0.25, 0.3) is 0 Å². The van der Waals surface area contributed by atoms with E-state index in [1.54, 1.807) is 4.98 Å². The van der Waals surface area contributed by atoms with Crippen molar-refractivity contribution in [3.05, 3.63) is 27.7 Å². The van der Waals surface area contributed by atoms with E-state index in [0.717, 1.165) is 6.07 Å². The van der Waals surface area contributed by atoms with Gasteiger partial charge in [-0.3, -0.25) is 4.79 Å². The minimum Gasteiger partial charge on any atom is -0.502 e. The summed E-state index contributed by atoms with van der Waals surface area (Å²) < 4.78 is 24.1. The molecule has 1 heterocycles. The summed E-state index contributed by atoms with van der Waals surface area (Å²) in [7, 11) is 0. The molecule has 2 N–H and O–H groups in total. The fourth-order valence-electron chi connectivity index (χ4n) is 0.775. The lowest BCUT2D eigenvalue weighted by Crippen LogP contribution is -2.10. The van der Waals surface area contributed by atoms with Gasteiger partial charge in [-0.05, 0) is 6.07 Å². The van der Waals surface area contributed by atoms with Crippen LogP contribution in [-0.4, -0.2) is 10.1 Å². The number of aromatic hydroxyl groups is 1. The SMILES string of the molecule is N#Cc1cc(C(F)F)[nH]c(=O)c1O. The summed E-state index contributed by atoms with van der Waals surface area (Å²) in [4.78, 5) is 12.5. The summed E-state index contributed by atoms with van der Waals surface area (Å²) in [6.45, 7) is 0. The number of aromatic amines is 1. The van der Waals surface area contributed by atoms with Crippen LogP contribution in [0.5, 0.6) is 5.75 Å². The number of rotatable bonds is 1. The summed E-state index contributed by atoms with van der Waals surface area (Å²) in [5.41, 5.74) is -2.23. The molecule has 0 fully saturated rings. The molecule has 1 rings (SSSR count). The molecule has 0 amide bonds. The zero-order valence-corrected chi connectivity index (χ0v) is 6.21. The van der Waals surface area contributed by atoms with Crippen molar-refractivity contribution in [3.8, 4) is 11.8 Å². The van der Waals surface area contributed by atoms with Crippen molar-refractivity contribution in [2.75, 3.05) is 0 Å². The summed E-state index contributed by atoms with van der Waals surface area (Å²) in [6.07, 6.45) is -2.87. The molecule has 0 aliphatic heterocycles. The highest BCUT2D eigenvalue weighted by Gasteiger charge is 2.13. The molecule has 0 unspecified atom stereocenters. The number of alkyl halides is 2. The zero-order valence-electron chi connectivity index (χ0n) is 6.21. The van der Waals surface area contributed by atoms with Crippen LogP contribution in [0.2, 0.25) is 0 Å². The van der Waals surface area contributed by atoms with Gasteiger partial charge in [0.1, 0.15) is 11.6 Å². The first kappa shape index (κ1) is 9.19. The smallest absolute Gasteiger partial charge is 0.291 e. The topological polar surface area (TPSA) is 76.9 Å². The maximum absolute atomic E-state index is 12.0. The summed E-state index contributed by atoms with van der Waals surface area (Å²) in [6, 6.07) is 2.17. The standard InChI is InChI=1S/C7H4F2N2O2/c8-6(9)4-1-3(2-10)5(12)7(13)11-4/h1,6,12H,(H,11,13). The Hall–Kier alpha value is -1.90. The fourth-order valence-corrected chi connectivity index (χ4v) is 0.775.